The molecule has 0 unspecified atom stereocenters. The van der Waals surface area contributed by atoms with Crippen molar-refractivity contribution >= 4 is 11.9 Å². The van der Waals surface area contributed by atoms with Crippen LogP contribution in [-0.2, 0) is 6.18 Å². The third-order valence-corrected chi connectivity index (χ3v) is 3.18. The zero-order valence-corrected chi connectivity index (χ0v) is 12.3. The summed E-state index contributed by atoms with van der Waals surface area (Å²) < 4.78 is 38.3. The molecule has 7 heteroatoms. The van der Waals surface area contributed by atoms with Crippen LogP contribution in [0, 0.1) is 10.1 Å². The van der Waals surface area contributed by atoms with Gasteiger partial charge in [-0.2, -0.15) is 13.2 Å². The number of nitrogens with zero attached hydrogens (tertiary/aromatic N) is 1. The number of halogens is 3. The van der Waals surface area contributed by atoms with Crippen LogP contribution >= 0.6 is 0 Å². The Hall–Kier alpha value is -2.96. The maximum Gasteiger partial charge on any atom is 0.416 e. The zero-order valence-electron chi connectivity index (χ0n) is 12.3. The molecule has 24 heavy (non-hydrogen) atoms. The maximum atomic E-state index is 12.8. The van der Waals surface area contributed by atoms with Crippen LogP contribution in [0.2, 0.25) is 0 Å². The molecule has 0 spiro atoms. The van der Waals surface area contributed by atoms with Gasteiger partial charge in [0.15, 0.2) is 5.78 Å². The van der Waals surface area contributed by atoms with Crippen LogP contribution in [0.1, 0.15) is 21.5 Å². The lowest BCUT2D eigenvalue weighted by Gasteiger charge is -2.09. The van der Waals surface area contributed by atoms with E-state index in [0.717, 1.165) is 12.1 Å². The van der Waals surface area contributed by atoms with Crippen molar-refractivity contribution in [3.05, 3.63) is 87.0 Å². The molecule has 124 valence electrons. The number of nitro groups is 1. The second kappa shape index (κ2) is 7.08. The summed E-state index contributed by atoms with van der Waals surface area (Å²) in [5.41, 5.74) is -0.859. The quantitative estimate of drug-likeness (QED) is 0.355. The largest absolute Gasteiger partial charge is 0.416 e. The molecule has 0 amide bonds. The zero-order chi connectivity index (χ0) is 17.7. The fourth-order valence-electron chi connectivity index (χ4n) is 2.09. The van der Waals surface area contributed by atoms with E-state index in [9.17, 15) is 28.1 Å². The Balaban J connectivity index is 2.42. The van der Waals surface area contributed by atoms with Gasteiger partial charge in [0.05, 0.1) is 11.1 Å². The summed E-state index contributed by atoms with van der Waals surface area (Å²) in [6, 6.07) is 12.2. The van der Waals surface area contributed by atoms with Crippen molar-refractivity contribution in [3.8, 4) is 0 Å². The first-order chi connectivity index (χ1) is 11.3. The van der Waals surface area contributed by atoms with Gasteiger partial charge >= 0.3 is 6.18 Å². The van der Waals surface area contributed by atoms with Crippen molar-refractivity contribution in [1.82, 2.24) is 0 Å². The molecule has 4 nitrogen and oxygen atoms in total. The summed E-state index contributed by atoms with van der Waals surface area (Å²) in [4.78, 5) is 22.5. The number of hydrogen-bond acceptors (Lipinski definition) is 3. The Morgan fingerprint density at radius 1 is 1.08 bits per heavy atom. The van der Waals surface area contributed by atoms with Crippen LogP contribution in [0.25, 0.3) is 6.08 Å². The number of hydrogen-bond donors (Lipinski definition) is 0. The first-order valence-corrected chi connectivity index (χ1v) is 6.87. The van der Waals surface area contributed by atoms with Crippen molar-refractivity contribution in [2.24, 2.45) is 0 Å². The Morgan fingerprint density at radius 2 is 1.75 bits per heavy atom. The summed E-state index contributed by atoms with van der Waals surface area (Å²) in [6.07, 6.45) is -3.28. The summed E-state index contributed by atoms with van der Waals surface area (Å²) in [5, 5.41) is 10.8. The third kappa shape index (κ3) is 4.52. The van der Waals surface area contributed by atoms with Crippen LogP contribution in [0.3, 0.4) is 0 Å². The van der Waals surface area contributed by atoms with E-state index in [2.05, 4.69) is 0 Å². The van der Waals surface area contributed by atoms with E-state index in [-0.39, 0.29) is 11.1 Å². The monoisotopic (exact) mass is 335 g/mol. The molecule has 0 saturated carbocycles. The number of Topliss-reactive ketones (excluding diaryl/α,β-unsaturated/α-hetero) is 1. The number of alkyl halides is 3. The molecule has 0 bridgehead atoms. The minimum Gasteiger partial charge on any atom is -0.289 e. The summed E-state index contributed by atoms with van der Waals surface area (Å²) in [7, 11) is 0. The Morgan fingerprint density at radius 3 is 2.33 bits per heavy atom. The van der Waals surface area contributed by atoms with Crippen LogP contribution in [0.4, 0.5) is 13.2 Å². The van der Waals surface area contributed by atoms with E-state index < -0.39 is 29.0 Å². The van der Waals surface area contributed by atoms with Crippen LogP contribution in [-0.4, -0.2) is 17.3 Å². The molecular weight excluding hydrogens is 323 g/mol. The SMILES string of the molecule is O=C(/C(=C/c1ccccc1)C[N+](=O)[O-])c1cccc(C(F)(F)F)c1. The molecule has 0 atom stereocenters. The van der Waals surface area contributed by atoms with Gasteiger partial charge in [-0.15, -0.1) is 0 Å². The number of ketones is 1. The van der Waals surface area contributed by atoms with E-state index in [1.807, 2.05) is 0 Å². The fourth-order valence-corrected chi connectivity index (χ4v) is 2.09. The average molecular weight is 335 g/mol. The lowest BCUT2D eigenvalue weighted by atomic mass is 9.99. The molecule has 2 aromatic carbocycles. The smallest absolute Gasteiger partial charge is 0.289 e. The second-order valence-electron chi connectivity index (χ2n) is 4.98. The molecule has 0 heterocycles. The van der Waals surface area contributed by atoms with Crippen molar-refractivity contribution in [2.45, 2.75) is 6.18 Å². The van der Waals surface area contributed by atoms with Crippen LogP contribution in [0.15, 0.2) is 60.2 Å². The summed E-state index contributed by atoms with van der Waals surface area (Å²) in [5.74, 6) is -0.804. The first kappa shape index (κ1) is 17.4. The Labute approximate surface area is 135 Å². The van der Waals surface area contributed by atoms with E-state index >= 15 is 0 Å². The normalized spacial score (nSPS) is 12.0. The van der Waals surface area contributed by atoms with E-state index in [1.165, 1.54) is 12.1 Å². The fraction of sp³-hybridized carbons (Fsp3) is 0.118. The standard InChI is InChI=1S/C17H12F3NO3/c18-17(19,20)15-8-4-7-13(10-15)16(22)14(11-21(23)24)9-12-5-2-1-3-6-12/h1-10H,11H2/b14-9+. The molecule has 2 aromatic rings. The summed E-state index contributed by atoms with van der Waals surface area (Å²) >= 11 is 0. The van der Waals surface area contributed by atoms with E-state index in [0.29, 0.717) is 11.6 Å². The van der Waals surface area contributed by atoms with Gasteiger partial charge < -0.3 is 0 Å². The highest BCUT2D eigenvalue weighted by Gasteiger charge is 2.31. The number of benzene rings is 2. The Kier molecular flexibility index (Phi) is 5.13. The van der Waals surface area contributed by atoms with Gasteiger partial charge in [-0.3, -0.25) is 14.9 Å². The highest BCUT2D eigenvalue weighted by Crippen LogP contribution is 2.30. The van der Waals surface area contributed by atoms with Crippen molar-refractivity contribution < 1.29 is 22.9 Å². The second-order valence-corrected chi connectivity index (χ2v) is 4.98. The molecule has 0 aliphatic heterocycles. The van der Waals surface area contributed by atoms with Gasteiger partial charge in [-0.25, -0.2) is 0 Å². The van der Waals surface area contributed by atoms with Crippen molar-refractivity contribution in [3.63, 3.8) is 0 Å². The van der Waals surface area contributed by atoms with Gasteiger partial charge in [0.1, 0.15) is 0 Å². The van der Waals surface area contributed by atoms with Crippen molar-refractivity contribution in [1.29, 1.82) is 0 Å². The molecule has 0 N–H and O–H groups in total. The van der Waals surface area contributed by atoms with Gasteiger partial charge in [0, 0.05) is 10.5 Å². The van der Waals surface area contributed by atoms with Gasteiger partial charge in [-0.1, -0.05) is 42.5 Å². The topological polar surface area (TPSA) is 60.2 Å². The highest BCUT2D eigenvalue weighted by molar-refractivity contribution is 6.11. The molecule has 0 saturated heterocycles. The highest BCUT2D eigenvalue weighted by atomic mass is 19.4. The van der Waals surface area contributed by atoms with Crippen molar-refractivity contribution in [2.75, 3.05) is 6.54 Å². The molecule has 0 aliphatic carbocycles. The lowest BCUT2D eigenvalue weighted by Crippen LogP contribution is -2.14. The third-order valence-electron chi connectivity index (χ3n) is 3.18. The van der Waals surface area contributed by atoms with Gasteiger partial charge in [-0.05, 0) is 23.8 Å². The lowest BCUT2D eigenvalue weighted by molar-refractivity contribution is -0.469. The molecule has 2 rings (SSSR count). The molecule has 0 aromatic heterocycles. The minimum absolute atomic E-state index is 0.189. The molecule has 0 aliphatic rings. The van der Waals surface area contributed by atoms with Crippen LogP contribution in [0.5, 0.6) is 0 Å². The molecule has 0 radical (unpaired) electrons. The van der Waals surface area contributed by atoms with Gasteiger partial charge in [0.2, 0.25) is 6.54 Å². The van der Waals surface area contributed by atoms with E-state index in [4.69, 9.17) is 0 Å². The molecule has 0 fully saturated rings. The summed E-state index contributed by atoms with van der Waals surface area (Å²) in [6.45, 7) is -0.774. The molecular formula is C17H12F3NO3. The average Bonchev–Trinajstić information content (AvgIpc) is 2.53. The number of carbonyl (C=O) groups excluding carboxylic acids is 1. The number of carbonyl (C=O) groups is 1. The maximum absolute atomic E-state index is 12.8. The number of rotatable bonds is 5. The minimum atomic E-state index is -4.59. The predicted molar refractivity (Wildman–Crippen MR) is 82.1 cm³/mol. The van der Waals surface area contributed by atoms with E-state index in [1.54, 1.807) is 30.3 Å². The predicted octanol–water partition coefficient (Wildman–Crippen LogP) is 4.25. The Bertz CT molecular complexity index is 783. The van der Waals surface area contributed by atoms with Crippen LogP contribution < -0.4 is 0 Å². The first-order valence-electron chi connectivity index (χ1n) is 6.87. The van der Waals surface area contributed by atoms with Gasteiger partial charge in [0.25, 0.3) is 0 Å².